The molecule has 3 rings (SSSR count). The van der Waals surface area contributed by atoms with Gasteiger partial charge in [-0.1, -0.05) is 31.0 Å². The van der Waals surface area contributed by atoms with E-state index in [4.69, 9.17) is 0 Å². The third-order valence-electron chi connectivity index (χ3n) is 4.15. The second-order valence-electron chi connectivity index (χ2n) is 5.40. The molecule has 1 saturated carbocycles. The average molecular weight is 248 g/mol. The molecule has 17 heavy (non-hydrogen) atoms. The number of hydrogen-bond donors (Lipinski definition) is 1. The van der Waals surface area contributed by atoms with Gasteiger partial charge in [0.15, 0.2) is 0 Å². The zero-order valence-corrected chi connectivity index (χ0v) is 11.0. The van der Waals surface area contributed by atoms with Gasteiger partial charge in [-0.2, -0.15) is 0 Å². The predicted octanol–water partition coefficient (Wildman–Crippen LogP) is 3.64. The standard InChI is InChI=1S/C15H20OS/c16-14-7-3-1-5-11(14)9-13-10-12-6-2-4-8-15(12)17-13/h2,4,6,8,11,13-14,16H,1,3,5,7,9-10H2. The van der Waals surface area contributed by atoms with Crippen LogP contribution in [0.2, 0.25) is 0 Å². The highest BCUT2D eigenvalue weighted by atomic mass is 32.2. The van der Waals surface area contributed by atoms with Gasteiger partial charge in [0.05, 0.1) is 6.10 Å². The lowest BCUT2D eigenvalue weighted by atomic mass is 9.83. The van der Waals surface area contributed by atoms with Crippen LogP contribution in [0.3, 0.4) is 0 Å². The molecule has 1 aromatic rings. The molecule has 1 aliphatic carbocycles. The van der Waals surface area contributed by atoms with E-state index >= 15 is 0 Å². The van der Waals surface area contributed by atoms with E-state index in [9.17, 15) is 5.11 Å². The minimum atomic E-state index is -0.0342. The molecule has 1 fully saturated rings. The summed E-state index contributed by atoms with van der Waals surface area (Å²) >= 11 is 2.02. The Morgan fingerprint density at radius 1 is 1.18 bits per heavy atom. The lowest BCUT2D eigenvalue weighted by Gasteiger charge is -2.29. The minimum absolute atomic E-state index is 0.0342. The molecule has 0 spiro atoms. The molecule has 0 radical (unpaired) electrons. The zero-order valence-electron chi connectivity index (χ0n) is 10.1. The van der Waals surface area contributed by atoms with Crippen molar-refractivity contribution in [2.75, 3.05) is 0 Å². The van der Waals surface area contributed by atoms with E-state index in [0.717, 1.165) is 6.42 Å². The molecule has 1 aliphatic heterocycles. The lowest BCUT2D eigenvalue weighted by molar-refractivity contribution is 0.0652. The summed E-state index contributed by atoms with van der Waals surface area (Å²) in [6.07, 6.45) is 7.14. The van der Waals surface area contributed by atoms with Gasteiger partial charge in [0.1, 0.15) is 0 Å². The Labute approximate surface area is 108 Å². The van der Waals surface area contributed by atoms with Crippen LogP contribution in [0.15, 0.2) is 29.2 Å². The number of hydrogen-bond acceptors (Lipinski definition) is 2. The van der Waals surface area contributed by atoms with Crippen molar-refractivity contribution >= 4 is 11.8 Å². The van der Waals surface area contributed by atoms with Crippen LogP contribution in [0.5, 0.6) is 0 Å². The Kier molecular flexibility index (Phi) is 3.44. The van der Waals surface area contributed by atoms with Crippen LogP contribution in [0.1, 0.15) is 37.7 Å². The molecule has 0 saturated heterocycles. The molecule has 2 aliphatic rings. The summed E-state index contributed by atoms with van der Waals surface area (Å²) in [6, 6.07) is 8.75. The fourth-order valence-corrected chi connectivity index (χ4v) is 4.61. The van der Waals surface area contributed by atoms with Gasteiger partial charge < -0.3 is 5.11 Å². The summed E-state index contributed by atoms with van der Waals surface area (Å²) in [5, 5.41) is 10.7. The van der Waals surface area contributed by atoms with Crippen molar-refractivity contribution in [1.29, 1.82) is 0 Å². The van der Waals surface area contributed by atoms with Gasteiger partial charge in [-0.25, -0.2) is 0 Å². The van der Waals surface area contributed by atoms with Crippen LogP contribution in [0.25, 0.3) is 0 Å². The van der Waals surface area contributed by atoms with E-state index in [0.29, 0.717) is 11.2 Å². The zero-order chi connectivity index (χ0) is 11.7. The quantitative estimate of drug-likeness (QED) is 0.862. The maximum absolute atomic E-state index is 10.0. The Morgan fingerprint density at radius 2 is 2.00 bits per heavy atom. The number of aliphatic hydroxyl groups is 1. The molecule has 1 nitrogen and oxygen atoms in total. The van der Waals surface area contributed by atoms with Crippen LogP contribution < -0.4 is 0 Å². The molecular formula is C15H20OS. The summed E-state index contributed by atoms with van der Waals surface area (Å²) < 4.78 is 0. The maximum atomic E-state index is 10.0. The molecule has 3 atom stereocenters. The lowest BCUT2D eigenvalue weighted by Crippen LogP contribution is -2.27. The Hall–Kier alpha value is -0.470. The molecule has 0 amide bonds. The highest BCUT2D eigenvalue weighted by Gasteiger charge is 2.29. The van der Waals surface area contributed by atoms with E-state index in [1.54, 1.807) is 0 Å². The van der Waals surface area contributed by atoms with Crippen molar-refractivity contribution in [1.82, 2.24) is 0 Å². The first-order valence-corrected chi connectivity index (χ1v) is 7.63. The molecule has 1 aromatic carbocycles. The maximum Gasteiger partial charge on any atom is 0.0568 e. The first-order valence-electron chi connectivity index (χ1n) is 6.75. The van der Waals surface area contributed by atoms with Gasteiger partial charge in [0, 0.05) is 10.1 Å². The summed E-state index contributed by atoms with van der Waals surface area (Å²) in [4.78, 5) is 1.46. The van der Waals surface area contributed by atoms with Crippen molar-refractivity contribution in [2.24, 2.45) is 5.92 Å². The monoisotopic (exact) mass is 248 g/mol. The summed E-state index contributed by atoms with van der Waals surface area (Å²) in [5.41, 5.74) is 1.51. The minimum Gasteiger partial charge on any atom is -0.393 e. The van der Waals surface area contributed by atoms with Gasteiger partial charge in [0.25, 0.3) is 0 Å². The molecule has 1 heterocycles. The van der Waals surface area contributed by atoms with Crippen molar-refractivity contribution in [3.05, 3.63) is 29.8 Å². The fourth-order valence-electron chi connectivity index (χ4n) is 3.19. The first kappa shape index (κ1) is 11.6. The van der Waals surface area contributed by atoms with Crippen LogP contribution in [-0.4, -0.2) is 16.5 Å². The van der Waals surface area contributed by atoms with Crippen molar-refractivity contribution < 1.29 is 5.11 Å². The number of aliphatic hydroxyl groups excluding tert-OH is 1. The first-order chi connectivity index (χ1) is 8.33. The van der Waals surface area contributed by atoms with Gasteiger partial charge in [-0.05, 0) is 43.2 Å². The molecule has 0 bridgehead atoms. The van der Waals surface area contributed by atoms with Gasteiger partial charge in [0.2, 0.25) is 0 Å². The topological polar surface area (TPSA) is 20.2 Å². The normalized spacial score (nSPS) is 32.4. The van der Waals surface area contributed by atoms with Crippen LogP contribution in [-0.2, 0) is 6.42 Å². The second kappa shape index (κ2) is 5.03. The average Bonchev–Trinajstić information content (AvgIpc) is 2.74. The summed E-state index contributed by atoms with van der Waals surface area (Å²) in [7, 11) is 0. The van der Waals surface area contributed by atoms with E-state index in [1.165, 1.54) is 42.6 Å². The van der Waals surface area contributed by atoms with Gasteiger partial charge in [-0.15, -0.1) is 11.8 Å². The number of benzene rings is 1. The molecule has 0 aromatic heterocycles. The molecule has 1 N–H and O–H groups in total. The third-order valence-corrected chi connectivity index (χ3v) is 5.49. The largest absolute Gasteiger partial charge is 0.393 e. The summed E-state index contributed by atoms with van der Waals surface area (Å²) in [5.74, 6) is 0.551. The van der Waals surface area contributed by atoms with Crippen molar-refractivity contribution in [3.63, 3.8) is 0 Å². The van der Waals surface area contributed by atoms with E-state index in [2.05, 4.69) is 24.3 Å². The van der Waals surface area contributed by atoms with E-state index < -0.39 is 0 Å². The molecular weight excluding hydrogens is 228 g/mol. The smallest absolute Gasteiger partial charge is 0.0568 e. The second-order valence-corrected chi connectivity index (χ2v) is 6.74. The van der Waals surface area contributed by atoms with Gasteiger partial charge >= 0.3 is 0 Å². The number of thioether (sulfide) groups is 1. The molecule has 3 unspecified atom stereocenters. The van der Waals surface area contributed by atoms with E-state index in [1.807, 2.05) is 11.8 Å². The summed E-state index contributed by atoms with van der Waals surface area (Å²) in [6.45, 7) is 0. The van der Waals surface area contributed by atoms with Crippen molar-refractivity contribution in [2.45, 2.75) is 54.8 Å². The fraction of sp³-hybridized carbons (Fsp3) is 0.600. The highest BCUT2D eigenvalue weighted by molar-refractivity contribution is 8.00. The Balaban J connectivity index is 1.61. The molecule has 2 heteroatoms. The van der Waals surface area contributed by atoms with Crippen LogP contribution >= 0.6 is 11.8 Å². The predicted molar refractivity (Wildman–Crippen MR) is 72.4 cm³/mol. The Morgan fingerprint density at radius 3 is 2.82 bits per heavy atom. The van der Waals surface area contributed by atoms with Crippen LogP contribution in [0, 0.1) is 5.92 Å². The van der Waals surface area contributed by atoms with Crippen LogP contribution in [0.4, 0.5) is 0 Å². The SMILES string of the molecule is OC1CCCCC1CC1Cc2ccccc2S1. The number of rotatable bonds is 2. The van der Waals surface area contributed by atoms with E-state index in [-0.39, 0.29) is 6.10 Å². The highest BCUT2D eigenvalue weighted by Crippen LogP contribution is 2.41. The number of fused-ring (bicyclic) bond motifs is 1. The third kappa shape index (κ3) is 2.53. The van der Waals surface area contributed by atoms with Gasteiger partial charge in [-0.3, -0.25) is 0 Å². The van der Waals surface area contributed by atoms with Crippen molar-refractivity contribution in [3.8, 4) is 0 Å². The Bertz CT molecular complexity index is 365. The molecule has 92 valence electrons.